The van der Waals surface area contributed by atoms with Gasteiger partial charge in [0.05, 0.1) is 24.5 Å². The number of nitrogens with one attached hydrogen (secondary N) is 2. The fraction of sp³-hybridized carbons (Fsp3) is 0.753. The third kappa shape index (κ3) is 24.0. The van der Waals surface area contributed by atoms with E-state index in [9.17, 15) is 57.8 Å². The molecule has 6 aliphatic carbocycles. The fourth-order valence-electron chi connectivity index (χ4n) is 17.9. The van der Waals surface area contributed by atoms with E-state index in [1.807, 2.05) is 78.0 Å². The maximum Gasteiger partial charge on any atom is 0.246 e. The van der Waals surface area contributed by atoms with Gasteiger partial charge in [0.25, 0.3) is 0 Å². The number of carbonyl (C=O) groups is 11. The van der Waals surface area contributed by atoms with Gasteiger partial charge in [0.1, 0.15) is 29.6 Å². The van der Waals surface area contributed by atoms with Crippen molar-refractivity contribution in [2.75, 3.05) is 13.1 Å². The van der Waals surface area contributed by atoms with Crippen molar-refractivity contribution in [1.82, 2.24) is 40.4 Å². The molecule has 2 saturated heterocycles. The first-order chi connectivity index (χ1) is 48.7. The van der Waals surface area contributed by atoms with E-state index in [1.165, 1.54) is 50.0 Å². The van der Waals surface area contributed by atoms with Crippen LogP contribution in [-0.4, -0.2) is 142 Å². The van der Waals surface area contributed by atoms with E-state index in [4.69, 9.17) is 0 Å². The van der Waals surface area contributed by atoms with Crippen LogP contribution >= 0.6 is 22.6 Å². The normalized spacial score (nSPS) is 24.0. The molecule has 2 aromatic rings. The van der Waals surface area contributed by atoms with E-state index < -0.39 is 70.6 Å². The Labute approximate surface area is 638 Å². The summed E-state index contributed by atoms with van der Waals surface area (Å²) in [7, 11) is 0. The predicted octanol–water partition coefficient (Wildman–Crippen LogP) is 13.2. The Morgan fingerprint density at radius 2 is 0.932 bits per heavy atom. The molecule has 0 bridgehead atoms. The van der Waals surface area contributed by atoms with Gasteiger partial charge in [-0.2, -0.15) is 0 Å². The van der Waals surface area contributed by atoms with Crippen molar-refractivity contribution >= 4 is 86.7 Å². The number of hydrogen-bond donors (Lipinski definition) is 3. The van der Waals surface area contributed by atoms with Crippen LogP contribution in [0, 0.1) is 86.8 Å². The van der Waals surface area contributed by atoms with Gasteiger partial charge >= 0.3 is 0 Å². The minimum atomic E-state index is -1.17. The average molecular weight is 1580 g/mol. The second-order valence-corrected chi connectivity index (χ2v) is 33.9. The number of halogens is 1. The van der Waals surface area contributed by atoms with E-state index in [0.717, 1.165) is 122 Å². The summed E-state index contributed by atoms with van der Waals surface area (Å²) in [5, 5.41) is 17.3. The quantitative estimate of drug-likeness (QED) is 0.0254. The van der Waals surface area contributed by atoms with Gasteiger partial charge in [0, 0.05) is 113 Å². The Kier molecular flexibility index (Phi) is 33.3. The number of likely N-dealkylation sites (tertiary alicyclic amines) is 2. The van der Waals surface area contributed by atoms with Crippen molar-refractivity contribution in [2.45, 2.75) is 291 Å². The number of nitrogens with zero attached hydrogens (tertiary/aromatic N) is 6. The molecule has 4 heterocycles. The molecule has 103 heavy (non-hydrogen) atoms. The van der Waals surface area contributed by atoms with Gasteiger partial charge in [-0.3, -0.25) is 67.6 Å². The topological polar surface area (TPSA) is 290 Å². The van der Waals surface area contributed by atoms with Crippen LogP contribution in [0.5, 0.6) is 0 Å². The first kappa shape index (κ1) is 85.3. The second-order valence-electron chi connectivity index (χ2n) is 33.9. The van der Waals surface area contributed by atoms with E-state index >= 15 is 0 Å². The van der Waals surface area contributed by atoms with Crippen LogP contribution in [0.25, 0.3) is 0 Å². The fourth-order valence-corrected chi connectivity index (χ4v) is 17.9. The summed E-state index contributed by atoms with van der Waals surface area (Å²) >= 11 is 1.90. The molecule has 1 unspecified atom stereocenters. The minimum absolute atomic E-state index is 0. The maximum absolute atomic E-state index is 14.7. The van der Waals surface area contributed by atoms with Crippen LogP contribution in [0.4, 0.5) is 0 Å². The zero-order chi connectivity index (χ0) is 74.0. The Balaban J connectivity index is 0.000000279. The van der Waals surface area contributed by atoms with Crippen molar-refractivity contribution < 1.29 is 76.4 Å². The Morgan fingerprint density at radius 1 is 0.515 bits per heavy atom. The van der Waals surface area contributed by atoms with Gasteiger partial charge in [-0.05, 0) is 141 Å². The molecule has 2 aromatic heterocycles. The summed E-state index contributed by atoms with van der Waals surface area (Å²) in [6.45, 7) is 16.3. The van der Waals surface area contributed by atoms with Gasteiger partial charge in [-0.15, -0.1) is 0 Å². The van der Waals surface area contributed by atoms with Crippen LogP contribution in [0.15, 0.2) is 37.2 Å². The molecule has 8 fully saturated rings. The third-order valence-electron chi connectivity index (χ3n) is 23.8. The van der Waals surface area contributed by atoms with E-state index in [1.54, 1.807) is 9.80 Å². The van der Waals surface area contributed by atoms with Crippen LogP contribution in [0.1, 0.15) is 282 Å². The maximum atomic E-state index is 14.7. The number of amides is 4. The van der Waals surface area contributed by atoms with E-state index in [0.29, 0.717) is 75.3 Å². The van der Waals surface area contributed by atoms with Crippen LogP contribution in [0.2, 0.25) is 0 Å². The second kappa shape index (κ2) is 40.3. The molecule has 0 aromatic carbocycles. The number of aromatic nitrogens is 4. The molecule has 569 valence electrons. The first-order valence-corrected chi connectivity index (χ1v) is 40.7. The molecular formula is C81H120IN8O12V-. The van der Waals surface area contributed by atoms with Gasteiger partial charge < -0.3 is 48.1 Å². The van der Waals surface area contributed by atoms with Crippen molar-refractivity contribution in [2.24, 2.45) is 81.8 Å². The van der Waals surface area contributed by atoms with Gasteiger partial charge in [-0.1, -0.05) is 145 Å². The minimum Gasteiger partial charge on any atom is -0.385 e. The molecule has 3 N–H and O–H groups in total. The van der Waals surface area contributed by atoms with Crippen molar-refractivity contribution in [1.29, 1.82) is 0 Å². The van der Waals surface area contributed by atoms with Crippen LogP contribution in [-0.2, 0) is 61.7 Å². The average Bonchev–Trinajstić information content (AvgIpc) is 1.64. The van der Waals surface area contributed by atoms with Crippen LogP contribution in [0.3, 0.4) is 0 Å². The first-order valence-electron chi connectivity index (χ1n) is 39.1. The molecule has 2 aliphatic heterocycles. The van der Waals surface area contributed by atoms with Gasteiger partial charge in [0.15, 0.2) is 34.7 Å². The molecule has 10 rings (SSSR count). The van der Waals surface area contributed by atoms with Gasteiger partial charge in [0.2, 0.25) is 29.4 Å². The van der Waals surface area contributed by atoms with E-state index in [2.05, 4.69) is 35.5 Å². The molecule has 13 atom stereocenters. The summed E-state index contributed by atoms with van der Waals surface area (Å²) in [6, 6.07) is -3.14. The SMILES string of the molecule is CCC[C@H](CC(=O)[C@@H]1[C@H]2CCC[C@H]2CN1C(=O)[C@@H](NC(=O)[C@@H](CC(=O)c1cnccn1)CC1CCCCC1)C(C)(C)C)C(=O)C(=O)CC1CC1.CCC[C@H](CC(=O)[C@@H]1[C@H]2CCC[C@H]2CN1C(=O)[C@@H](NC(=O)[C@@H](CC(=O)c1cnccn1)CC1CCCCC1)C(C)(C)C)C(O)C(=O)CC1CC1.[CH2-]I.[V]. The Hall–Kier alpha value is -5.00. The molecule has 22 heteroatoms. The smallest absolute Gasteiger partial charge is 0.246 e. The largest absolute Gasteiger partial charge is 0.385 e. The van der Waals surface area contributed by atoms with E-state index in [-0.39, 0.29) is 144 Å². The standard InChI is InChI=1S/C40H60N4O6.C40H58N4O6.CH2I.V/c2*1-5-10-27(36(48)34(47)20-26-15-16-26)21-33(46)35-30-14-9-13-28(30)24-44(35)39(50)37(40(2,3)4)43-38(49)29(19-25-11-7-6-8-12-25)22-32(45)31-23-41-17-18-42-31;1-2;/h17-18,23,25-30,35-37,48H,5-16,19-22,24H2,1-4H3,(H,43,49);17-18,23,25-30,35,37H,5-16,19-22,24H2,1-4H3,(H,43,49);1H2;/q;;-1;/t27-,28+,29-,30+,35+,36?,37-;27-,28+,29-,30+,35+,37-;;/m11../s1. The van der Waals surface area contributed by atoms with Crippen molar-refractivity contribution in [3.63, 3.8) is 0 Å². The monoisotopic (exact) mass is 1570 g/mol. The van der Waals surface area contributed by atoms with Crippen molar-refractivity contribution in [3.8, 4) is 0 Å². The summed E-state index contributed by atoms with van der Waals surface area (Å²) in [4.78, 5) is 175. The number of rotatable bonds is 34. The number of ketones is 7. The predicted molar refractivity (Wildman–Crippen MR) is 398 cm³/mol. The molecule has 20 nitrogen and oxygen atoms in total. The number of aliphatic hydroxyl groups excluding tert-OH is 1. The van der Waals surface area contributed by atoms with Crippen LogP contribution < -0.4 is 10.6 Å². The molecule has 1 radical (unpaired) electrons. The number of aliphatic hydroxyl groups is 1. The zero-order valence-corrected chi connectivity index (χ0v) is 66.5. The molecular weight excluding hydrogens is 1450 g/mol. The summed E-state index contributed by atoms with van der Waals surface area (Å²) < 4.78 is 0. The number of carbonyl (C=O) groups excluding carboxylic acids is 11. The summed E-state index contributed by atoms with van der Waals surface area (Å²) in [6.07, 6.45) is 32.2. The summed E-state index contributed by atoms with van der Waals surface area (Å²) in [5.74, 6) is -3.57. The van der Waals surface area contributed by atoms with Gasteiger partial charge in [-0.25, -0.2) is 9.97 Å². The number of hydrogen-bond acceptors (Lipinski definition) is 16. The molecule has 4 amide bonds. The van der Waals surface area contributed by atoms with Crippen molar-refractivity contribution in [3.05, 3.63) is 53.5 Å². The third-order valence-corrected chi connectivity index (χ3v) is 23.8. The zero-order valence-electron chi connectivity index (χ0n) is 63.0. The molecule has 8 aliphatic rings. The Bertz CT molecular complexity index is 3180. The number of fused-ring (bicyclic) bond motifs is 2. The number of Topliss-reactive ketones (excluding diaryl/α,β-unsaturated/α-hetero) is 7. The molecule has 6 saturated carbocycles. The Morgan fingerprint density at radius 3 is 1.32 bits per heavy atom. The molecule has 0 spiro atoms. The summed E-state index contributed by atoms with van der Waals surface area (Å²) in [5.41, 5.74) is -0.906.